The van der Waals surface area contributed by atoms with Crippen LogP contribution in [0.15, 0.2) is 30.6 Å². The smallest absolute Gasteiger partial charge is 0.111 e. The second-order valence-corrected chi connectivity index (χ2v) is 8.33. The standard InChI is InChI=1S/C22H31N7/c1-17-3-4-18-19(25-17)5-6-20-22(18)26-21(7-12-28-11-2-8-24-28)29(20)16-15-27-13-9-23-10-14-27/h2,5-6,8,11,17,23,25H,3-4,7,9-10,12-16H2,1H3/t17-/m0/s1. The van der Waals surface area contributed by atoms with Crippen LogP contribution in [0, 0.1) is 0 Å². The average molecular weight is 394 g/mol. The molecule has 7 nitrogen and oxygen atoms in total. The van der Waals surface area contributed by atoms with Crippen molar-refractivity contribution in [3.8, 4) is 0 Å². The van der Waals surface area contributed by atoms with Gasteiger partial charge in [0.1, 0.15) is 5.82 Å². The molecule has 3 aromatic rings. The number of aromatic nitrogens is 4. The highest BCUT2D eigenvalue weighted by molar-refractivity contribution is 5.86. The Morgan fingerprint density at radius 3 is 2.86 bits per heavy atom. The highest BCUT2D eigenvalue weighted by atomic mass is 15.3. The minimum Gasteiger partial charge on any atom is -0.382 e. The molecule has 5 rings (SSSR count). The van der Waals surface area contributed by atoms with Gasteiger partial charge >= 0.3 is 0 Å². The number of aryl methyl sites for hydroxylation is 3. The van der Waals surface area contributed by atoms with Gasteiger partial charge in [0.05, 0.1) is 11.0 Å². The quantitative estimate of drug-likeness (QED) is 0.672. The first-order valence-corrected chi connectivity index (χ1v) is 11.0. The van der Waals surface area contributed by atoms with E-state index in [1.807, 2.05) is 23.1 Å². The summed E-state index contributed by atoms with van der Waals surface area (Å²) >= 11 is 0. The molecule has 2 aromatic heterocycles. The summed E-state index contributed by atoms with van der Waals surface area (Å²) in [6.07, 6.45) is 7.05. The average Bonchev–Trinajstić information content (AvgIpc) is 3.38. The Morgan fingerprint density at radius 1 is 1.14 bits per heavy atom. The molecule has 29 heavy (non-hydrogen) atoms. The predicted molar refractivity (Wildman–Crippen MR) is 116 cm³/mol. The first kappa shape index (κ1) is 18.6. The minimum absolute atomic E-state index is 0.536. The van der Waals surface area contributed by atoms with Crippen molar-refractivity contribution in [2.75, 3.05) is 38.0 Å². The van der Waals surface area contributed by atoms with Gasteiger partial charge in [-0.1, -0.05) is 0 Å². The molecule has 4 heterocycles. The zero-order chi connectivity index (χ0) is 19.6. The number of anilines is 1. The van der Waals surface area contributed by atoms with Crippen molar-refractivity contribution in [3.05, 3.63) is 42.0 Å². The van der Waals surface area contributed by atoms with Gasteiger partial charge in [-0.2, -0.15) is 5.10 Å². The first-order valence-electron chi connectivity index (χ1n) is 11.0. The second kappa shape index (κ2) is 8.16. The fourth-order valence-electron chi connectivity index (χ4n) is 4.65. The van der Waals surface area contributed by atoms with Gasteiger partial charge in [0, 0.05) is 81.9 Å². The number of nitrogens with zero attached hydrogens (tertiary/aromatic N) is 5. The molecule has 1 fully saturated rings. The van der Waals surface area contributed by atoms with E-state index < -0.39 is 0 Å². The summed E-state index contributed by atoms with van der Waals surface area (Å²) in [5, 5.41) is 11.5. The molecular weight excluding hydrogens is 362 g/mol. The van der Waals surface area contributed by atoms with E-state index in [9.17, 15) is 0 Å². The summed E-state index contributed by atoms with van der Waals surface area (Å²) in [7, 11) is 0. The molecule has 0 saturated carbocycles. The molecule has 0 bridgehead atoms. The van der Waals surface area contributed by atoms with Crippen molar-refractivity contribution in [1.29, 1.82) is 0 Å². The van der Waals surface area contributed by atoms with Crippen LogP contribution >= 0.6 is 0 Å². The molecule has 1 atom stereocenters. The van der Waals surface area contributed by atoms with Gasteiger partial charge in [-0.3, -0.25) is 9.58 Å². The van der Waals surface area contributed by atoms with Gasteiger partial charge in [-0.25, -0.2) is 4.98 Å². The van der Waals surface area contributed by atoms with E-state index in [2.05, 4.69) is 44.3 Å². The number of fused-ring (bicyclic) bond motifs is 3. The van der Waals surface area contributed by atoms with Crippen molar-refractivity contribution >= 4 is 16.7 Å². The lowest BCUT2D eigenvalue weighted by Gasteiger charge is -2.27. The lowest BCUT2D eigenvalue weighted by molar-refractivity contribution is 0.232. The van der Waals surface area contributed by atoms with Crippen LogP contribution in [0.3, 0.4) is 0 Å². The van der Waals surface area contributed by atoms with E-state index >= 15 is 0 Å². The molecular formula is C22H31N7. The van der Waals surface area contributed by atoms with Crippen LogP contribution in [0.25, 0.3) is 11.0 Å². The minimum atomic E-state index is 0.536. The van der Waals surface area contributed by atoms with Crippen LogP contribution in [-0.2, 0) is 25.9 Å². The van der Waals surface area contributed by atoms with Crippen LogP contribution in [0.4, 0.5) is 5.69 Å². The molecule has 0 unspecified atom stereocenters. The largest absolute Gasteiger partial charge is 0.382 e. The van der Waals surface area contributed by atoms with Crippen molar-refractivity contribution < 1.29 is 0 Å². The summed E-state index contributed by atoms with van der Waals surface area (Å²) in [5.74, 6) is 1.18. The van der Waals surface area contributed by atoms with Crippen LogP contribution in [-0.4, -0.2) is 63.0 Å². The number of piperazine rings is 1. The Morgan fingerprint density at radius 2 is 2.03 bits per heavy atom. The SMILES string of the molecule is C[C@H]1CCc2c(ccc3c2nc(CCn2cccn2)n3CCN2CCNCC2)N1. The predicted octanol–water partition coefficient (Wildman–Crippen LogP) is 2.13. The molecule has 0 aliphatic carbocycles. The Balaban J connectivity index is 1.46. The number of nitrogens with one attached hydrogen (secondary N) is 2. The van der Waals surface area contributed by atoms with E-state index in [4.69, 9.17) is 4.98 Å². The van der Waals surface area contributed by atoms with Gasteiger partial charge in [0.25, 0.3) is 0 Å². The number of hydrogen-bond acceptors (Lipinski definition) is 5. The van der Waals surface area contributed by atoms with Gasteiger partial charge in [0.2, 0.25) is 0 Å². The molecule has 0 spiro atoms. The molecule has 2 N–H and O–H groups in total. The fraction of sp³-hybridized carbons (Fsp3) is 0.545. The van der Waals surface area contributed by atoms with Gasteiger partial charge in [0.15, 0.2) is 0 Å². The third-order valence-corrected chi connectivity index (χ3v) is 6.31. The van der Waals surface area contributed by atoms with Gasteiger partial charge in [-0.15, -0.1) is 0 Å². The zero-order valence-corrected chi connectivity index (χ0v) is 17.3. The maximum absolute atomic E-state index is 5.17. The number of benzene rings is 1. The van der Waals surface area contributed by atoms with Crippen LogP contribution in [0.5, 0.6) is 0 Å². The van der Waals surface area contributed by atoms with Crippen molar-refractivity contribution in [1.82, 2.24) is 29.5 Å². The highest BCUT2D eigenvalue weighted by Gasteiger charge is 2.21. The topological polar surface area (TPSA) is 62.9 Å². The number of imidazole rings is 1. The monoisotopic (exact) mass is 393 g/mol. The van der Waals surface area contributed by atoms with E-state index in [1.165, 1.54) is 34.5 Å². The number of hydrogen-bond donors (Lipinski definition) is 2. The van der Waals surface area contributed by atoms with Crippen molar-refractivity contribution in [2.45, 2.75) is 45.3 Å². The maximum Gasteiger partial charge on any atom is 0.111 e. The Kier molecular flexibility index (Phi) is 5.24. The molecule has 2 aliphatic heterocycles. The third-order valence-electron chi connectivity index (χ3n) is 6.31. The lowest BCUT2D eigenvalue weighted by atomic mass is 9.98. The molecule has 0 amide bonds. The van der Waals surface area contributed by atoms with Crippen LogP contribution in [0.1, 0.15) is 24.7 Å². The molecule has 2 aliphatic rings. The van der Waals surface area contributed by atoms with Gasteiger partial charge < -0.3 is 15.2 Å². The summed E-state index contributed by atoms with van der Waals surface area (Å²) in [4.78, 5) is 7.72. The lowest BCUT2D eigenvalue weighted by Crippen LogP contribution is -2.44. The summed E-state index contributed by atoms with van der Waals surface area (Å²) in [5.41, 5.74) is 5.13. The van der Waals surface area contributed by atoms with Crippen molar-refractivity contribution in [3.63, 3.8) is 0 Å². The van der Waals surface area contributed by atoms with Crippen LogP contribution in [0.2, 0.25) is 0 Å². The third kappa shape index (κ3) is 3.89. The van der Waals surface area contributed by atoms with Crippen LogP contribution < -0.4 is 10.6 Å². The number of rotatable bonds is 6. The van der Waals surface area contributed by atoms with E-state index in [1.54, 1.807) is 0 Å². The fourth-order valence-corrected chi connectivity index (χ4v) is 4.65. The normalized spacial score (nSPS) is 20.0. The molecule has 1 saturated heterocycles. The molecule has 7 heteroatoms. The summed E-state index contributed by atoms with van der Waals surface area (Å²) in [6.45, 7) is 9.64. The Bertz CT molecular complexity index is 953. The summed E-state index contributed by atoms with van der Waals surface area (Å²) in [6, 6.07) is 7.04. The molecule has 0 radical (unpaired) electrons. The van der Waals surface area contributed by atoms with Gasteiger partial charge in [-0.05, 0) is 38.0 Å². The van der Waals surface area contributed by atoms with Crippen molar-refractivity contribution in [2.24, 2.45) is 0 Å². The van der Waals surface area contributed by atoms with E-state index in [-0.39, 0.29) is 0 Å². The second-order valence-electron chi connectivity index (χ2n) is 8.33. The molecule has 1 aromatic carbocycles. The maximum atomic E-state index is 5.17. The first-order chi connectivity index (χ1) is 14.3. The highest BCUT2D eigenvalue weighted by Crippen LogP contribution is 2.32. The zero-order valence-electron chi connectivity index (χ0n) is 17.3. The van der Waals surface area contributed by atoms with E-state index in [0.717, 1.165) is 58.7 Å². The van der Waals surface area contributed by atoms with E-state index in [0.29, 0.717) is 6.04 Å². The summed E-state index contributed by atoms with van der Waals surface area (Å²) < 4.78 is 4.46. The Labute approximate surface area is 172 Å². The Hall–Kier alpha value is -2.38. The molecule has 154 valence electrons.